The van der Waals surface area contributed by atoms with E-state index < -0.39 is 16.4 Å². The minimum Gasteiger partial charge on any atom is -0.465 e. The molecular weight excluding hydrogens is 202 g/mol. The molecule has 0 amide bonds. The third-order valence-electron chi connectivity index (χ3n) is 0.658. The van der Waals surface area contributed by atoms with Crippen molar-refractivity contribution in [3.05, 3.63) is 0 Å². The highest BCUT2D eigenvalue weighted by molar-refractivity contribution is 7.79. The summed E-state index contributed by atoms with van der Waals surface area (Å²) in [6, 6.07) is -0.491. The van der Waals surface area contributed by atoms with Crippen LogP contribution < -0.4 is 5.73 Å². The smallest absolute Gasteiger partial charge is 0.394 e. The topological polar surface area (TPSA) is 127 Å². The number of rotatable bonds is 2. The lowest BCUT2D eigenvalue weighted by molar-refractivity contribution is -0.144. The van der Waals surface area contributed by atoms with E-state index in [-0.39, 0.29) is 5.97 Å². The molecule has 13 heavy (non-hydrogen) atoms. The maximum Gasteiger partial charge on any atom is 0.394 e. The molecule has 0 saturated carbocycles. The van der Waals surface area contributed by atoms with Crippen LogP contribution in [0.5, 0.6) is 0 Å². The van der Waals surface area contributed by atoms with Crippen LogP contribution in [0.15, 0.2) is 0 Å². The number of nitrogens with two attached hydrogens (primary N) is 1. The molecule has 0 aliphatic carbocycles. The largest absolute Gasteiger partial charge is 0.465 e. The first-order valence-electron chi connectivity index (χ1n) is 3.30. The predicted octanol–water partition coefficient (Wildman–Crippen LogP) is -0.756. The standard InChI is InChI=1S/C5H11NO2.H2O4S/c1-3-8-5(7)4(2)6;1-5(2,3)4/h4H,3,6H2,1-2H3;(H2,1,2,3,4). The zero-order valence-corrected chi connectivity index (χ0v) is 8.11. The van der Waals surface area contributed by atoms with Crippen molar-refractivity contribution in [3.8, 4) is 0 Å². The van der Waals surface area contributed by atoms with Crippen molar-refractivity contribution in [1.29, 1.82) is 0 Å². The van der Waals surface area contributed by atoms with Gasteiger partial charge in [-0.3, -0.25) is 13.9 Å². The Morgan fingerprint density at radius 3 is 1.92 bits per heavy atom. The van der Waals surface area contributed by atoms with Gasteiger partial charge in [-0.1, -0.05) is 0 Å². The molecule has 0 heterocycles. The van der Waals surface area contributed by atoms with Gasteiger partial charge in [0.05, 0.1) is 6.61 Å². The lowest BCUT2D eigenvalue weighted by Crippen LogP contribution is -2.28. The summed E-state index contributed by atoms with van der Waals surface area (Å²) in [5.41, 5.74) is 5.15. The predicted molar refractivity (Wildman–Crippen MR) is 44.5 cm³/mol. The second-order valence-corrected chi connectivity index (χ2v) is 2.88. The van der Waals surface area contributed by atoms with Crippen LogP contribution in [0.25, 0.3) is 0 Å². The average Bonchev–Trinajstić information content (AvgIpc) is 1.84. The van der Waals surface area contributed by atoms with Crippen LogP contribution in [0.2, 0.25) is 0 Å². The van der Waals surface area contributed by atoms with E-state index >= 15 is 0 Å². The summed E-state index contributed by atoms with van der Waals surface area (Å²) in [7, 11) is -4.67. The lowest BCUT2D eigenvalue weighted by atomic mass is 10.4. The summed E-state index contributed by atoms with van der Waals surface area (Å²) in [6.07, 6.45) is 0. The van der Waals surface area contributed by atoms with Crippen LogP contribution in [0.1, 0.15) is 13.8 Å². The van der Waals surface area contributed by atoms with E-state index in [1.807, 2.05) is 0 Å². The summed E-state index contributed by atoms with van der Waals surface area (Å²) < 4.78 is 36.1. The number of carbonyl (C=O) groups is 1. The molecule has 0 fully saturated rings. The number of carbonyl (C=O) groups excluding carboxylic acids is 1. The Morgan fingerprint density at radius 1 is 1.54 bits per heavy atom. The Morgan fingerprint density at radius 2 is 1.85 bits per heavy atom. The van der Waals surface area contributed by atoms with Gasteiger partial charge < -0.3 is 10.5 Å². The van der Waals surface area contributed by atoms with Crippen molar-refractivity contribution < 1.29 is 27.1 Å². The highest BCUT2D eigenvalue weighted by atomic mass is 32.3. The molecule has 1 atom stereocenters. The van der Waals surface area contributed by atoms with E-state index in [1.54, 1.807) is 13.8 Å². The molecule has 7 nitrogen and oxygen atoms in total. The van der Waals surface area contributed by atoms with E-state index in [0.717, 1.165) is 0 Å². The summed E-state index contributed by atoms with van der Waals surface area (Å²) >= 11 is 0. The highest BCUT2D eigenvalue weighted by Gasteiger charge is 2.05. The summed E-state index contributed by atoms with van der Waals surface area (Å²) in [5, 5.41) is 0. The maximum atomic E-state index is 10.4. The van der Waals surface area contributed by atoms with E-state index in [2.05, 4.69) is 4.74 Å². The molecule has 0 radical (unpaired) electrons. The molecule has 0 spiro atoms. The number of esters is 1. The van der Waals surface area contributed by atoms with E-state index in [9.17, 15) is 4.79 Å². The van der Waals surface area contributed by atoms with Crippen molar-refractivity contribution in [2.45, 2.75) is 19.9 Å². The monoisotopic (exact) mass is 215 g/mol. The molecule has 8 heteroatoms. The summed E-state index contributed by atoms with van der Waals surface area (Å²) in [4.78, 5) is 10.4. The van der Waals surface area contributed by atoms with E-state index in [4.69, 9.17) is 23.3 Å². The van der Waals surface area contributed by atoms with Crippen LogP contribution in [-0.2, 0) is 19.9 Å². The SMILES string of the molecule is CCOC(=O)C(C)N.O=S(=O)(O)O. The van der Waals surface area contributed by atoms with Gasteiger partial charge in [0.2, 0.25) is 0 Å². The maximum absolute atomic E-state index is 10.4. The van der Waals surface area contributed by atoms with Gasteiger partial charge in [0.25, 0.3) is 0 Å². The van der Waals surface area contributed by atoms with Gasteiger partial charge in [-0.05, 0) is 13.8 Å². The second-order valence-electron chi connectivity index (χ2n) is 1.99. The fourth-order valence-electron chi connectivity index (χ4n) is 0.274. The Bertz CT molecular complexity index is 225. The van der Waals surface area contributed by atoms with Crippen molar-refractivity contribution in [2.75, 3.05) is 6.61 Å². The molecule has 0 rings (SSSR count). The zero-order chi connectivity index (χ0) is 11.1. The Hall–Kier alpha value is -0.700. The first-order chi connectivity index (χ1) is 5.68. The highest BCUT2D eigenvalue weighted by Crippen LogP contribution is 1.80. The van der Waals surface area contributed by atoms with E-state index in [1.165, 1.54) is 0 Å². The van der Waals surface area contributed by atoms with Gasteiger partial charge in [0.15, 0.2) is 0 Å². The minimum absolute atomic E-state index is 0.340. The first kappa shape index (κ1) is 14.8. The van der Waals surface area contributed by atoms with Gasteiger partial charge in [-0.15, -0.1) is 0 Å². The number of ether oxygens (including phenoxy) is 1. The summed E-state index contributed by atoms with van der Waals surface area (Å²) in [6.45, 7) is 3.75. The molecule has 0 aromatic rings. The molecule has 0 bridgehead atoms. The first-order valence-corrected chi connectivity index (χ1v) is 4.70. The van der Waals surface area contributed by atoms with Gasteiger partial charge in [0, 0.05) is 0 Å². The van der Waals surface area contributed by atoms with Crippen molar-refractivity contribution in [3.63, 3.8) is 0 Å². The Balaban J connectivity index is 0. The third-order valence-corrected chi connectivity index (χ3v) is 0.658. The van der Waals surface area contributed by atoms with Gasteiger partial charge in [0.1, 0.15) is 6.04 Å². The lowest BCUT2D eigenvalue weighted by Gasteiger charge is -2.02. The quantitative estimate of drug-likeness (QED) is 0.408. The van der Waals surface area contributed by atoms with Crippen molar-refractivity contribution >= 4 is 16.4 Å². The van der Waals surface area contributed by atoms with Gasteiger partial charge >= 0.3 is 16.4 Å². The Labute approximate surface area is 76.5 Å². The van der Waals surface area contributed by atoms with Crippen LogP contribution in [0.4, 0.5) is 0 Å². The fraction of sp³-hybridized carbons (Fsp3) is 0.800. The number of hydrogen-bond acceptors (Lipinski definition) is 5. The normalized spacial score (nSPS) is 12.4. The molecule has 80 valence electrons. The Kier molecular flexibility index (Phi) is 7.72. The second kappa shape index (κ2) is 6.78. The van der Waals surface area contributed by atoms with Gasteiger partial charge in [-0.25, -0.2) is 0 Å². The molecule has 0 aliphatic heterocycles. The molecule has 0 aliphatic rings. The van der Waals surface area contributed by atoms with Crippen LogP contribution in [0, 0.1) is 0 Å². The molecule has 0 aromatic carbocycles. The van der Waals surface area contributed by atoms with Crippen LogP contribution in [0.3, 0.4) is 0 Å². The molecule has 4 N–H and O–H groups in total. The van der Waals surface area contributed by atoms with E-state index in [0.29, 0.717) is 6.61 Å². The van der Waals surface area contributed by atoms with Gasteiger partial charge in [-0.2, -0.15) is 8.42 Å². The number of hydrogen-bond donors (Lipinski definition) is 3. The average molecular weight is 215 g/mol. The van der Waals surface area contributed by atoms with Crippen LogP contribution in [-0.4, -0.2) is 36.1 Å². The molecule has 0 saturated heterocycles. The van der Waals surface area contributed by atoms with Crippen molar-refractivity contribution in [2.24, 2.45) is 5.73 Å². The fourth-order valence-corrected chi connectivity index (χ4v) is 0.274. The van der Waals surface area contributed by atoms with Crippen molar-refractivity contribution in [1.82, 2.24) is 0 Å². The molecule has 0 aromatic heterocycles. The molecule has 1 unspecified atom stereocenters. The van der Waals surface area contributed by atoms with Crippen LogP contribution >= 0.6 is 0 Å². The summed E-state index contributed by atoms with van der Waals surface area (Å²) in [5.74, 6) is -0.340. The molecular formula is C5H13NO6S. The minimum atomic E-state index is -4.67. The third kappa shape index (κ3) is 24.6. The zero-order valence-electron chi connectivity index (χ0n) is 7.30.